The number of anilines is 2. The molecule has 0 aliphatic rings. The number of nitrogens with zero attached hydrogens (tertiary/aromatic N) is 4. The van der Waals surface area contributed by atoms with Crippen molar-refractivity contribution in [1.29, 1.82) is 0 Å². The van der Waals surface area contributed by atoms with Crippen LogP contribution in [-0.4, -0.2) is 34.6 Å². The highest BCUT2D eigenvalue weighted by Crippen LogP contribution is 2.23. The Hall–Kier alpha value is -2.37. The molecule has 0 aliphatic carbocycles. The van der Waals surface area contributed by atoms with E-state index in [2.05, 4.69) is 33.7 Å². The first-order chi connectivity index (χ1) is 11.2. The zero-order valence-corrected chi connectivity index (χ0v) is 13.9. The molecule has 0 amide bonds. The van der Waals surface area contributed by atoms with Crippen LogP contribution in [0, 0.1) is 0 Å². The summed E-state index contributed by atoms with van der Waals surface area (Å²) in [4.78, 5) is 14.8. The van der Waals surface area contributed by atoms with Gasteiger partial charge in [0.15, 0.2) is 0 Å². The highest BCUT2D eigenvalue weighted by molar-refractivity contribution is 5.55. The molecule has 2 aromatic rings. The van der Waals surface area contributed by atoms with E-state index in [0.29, 0.717) is 24.7 Å². The van der Waals surface area contributed by atoms with Crippen LogP contribution >= 0.6 is 0 Å². The predicted octanol–water partition coefficient (Wildman–Crippen LogP) is 2.70. The monoisotopic (exact) mass is 315 g/mol. The molecule has 0 bridgehead atoms. The Labute approximate surface area is 137 Å². The molecule has 6 nitrogen and oxygen atoms in total. The van der Waals surface area contributed by atoms with Crippen LogP contribution in [0.1, 0.15) is 32.4 Å². The quantitative estimate of drug-likeness (QED) is 0.766. The lowest BCUT2D eigenvalue weighted by atomic mass is 10.3. The van der Waals surface area contributed by atoms with E-state index in [1.807, 2.05) is 12.1 Å². The summed E-state index contributed by atoms with van der Waals surface area (Å²) >= 11 is 0. The summed E-state index contributed by atoms with van der Waals surface area (Å²) < 4.78 is 5.75. The molecule has 124 valence electrons. The van der Waals surface area contributed by atoms with E-state index >= 15 is 0 Å². The molecule has 0 atom stereocenters. The fraction of sp³-hybridized carbons (Fsp3) is 0.471. The summed E-state index contributed by atoms with van der Waals surface area (Å²) in [6, 6.07) is 3.86. The molecule has 2 rings (SSSR count). The predicted molar refractivity (Wildman–Crippen MR) is 92.7 cm³/mol. The molecule has 0 saturated carbocycles. The topological polar surface area (TPSA) is 77.2 Å². The third-order valence-electron chi connectivity index (χ3n) is 3.38. The van der Waals surface area contributed by atoms with Crippen LogP contribution in [0.5, 0.6) is 5.88 Å². The van der Waals surface area contributed by atoms with Gasteiger partial charge in [-0.2, -0.15) is 4.98 Å². The maximum absolute atomic E-state index is 5.93. The summed E-state index contributed by atoms with van der Waals surface area (Å²) in [5.74, 6) is 1.04. The van der Waals surface area contributed by atoms with Crippen LogP contribution < -0.4 is 15.4 Å². The van der Waals surface area contributed by atoms with Crippen LogP contribution in [0.4, 0.5) is 11.5 Å². The van der Waals surface area contributed by atoms with Crippen LogP contribution in [0.3, 0.4) is 0 Å². The smallest absolute Gasteiger partial charge is 0.217 e. The lowest BCUT2D eigenvalue weighted by molar-refractivity contribution is 0.308. The second kappa shape index (κ2) is 8.92. The minimum absolute atomic E-state index is 0.481. The minimum Gasteiger partial charge on any atom is -0.477 e. The van der Waals surface area contributed by atoms with Gasteiger partial charge >= 0.3 is 0 Å². The fourth-order valence-electron chi connectivity index (χ4n) is 2.40. The van der Waals surface area contributed by atoms with Crippen molar-refractivity contribution in [3.05, 3.63) is 36.4 Å². The molecule has 0 saturated heterocycles. The molecular weight excluding hydrogens is 290 g/mol. The van der Waals surface area contributed by atoms with Gasteiger partial charge in [0.2, 0.25) is 5.88 Å². The third-order valence-corrected chi connectivity index (χ3v) is 3.38. The van der Waals surface area contributed by atoms with Crippen LogP contribution in [0.25, 0.3) is 0 Å². The Morgan fingerprint density at radius 2 is 1.91 bits per heavy atom. The van der Waals surface area contributed by atoms with E-state index in [1.54, 1.807) is 18.6 Å². The SMILES string of the molecule is CCCN(CCC)c1cc(N)nc(OCCc2cnccn2)c1. The molecule has 0 aliphatic heterocycles. The lowest BCUT2D eigenvalue weighted by Gasteiger charge is -2.24. The van der Waals surface area contributed by atoms with E-state index in [0.717, 1.165) is 37.3 Å². The van der Waals surface area contributed by atoms with Gasteiger partial charge in [0.05, 0.1) is 12.3 Å². The highest BCUT2D eigenvalue weighted by Gasteiger charge is 2.09. The van der Waals surface area contributed by atoms with E-state index in [1.165, 1.54) is 0 Å². The van der Waals surface area contributed by atoms with E-state index in [9.17, 15) is 0 Å². The van der Waals surface area contributed by atoms with Crippen LogP contribution in [0.15, 0.2) is 30.7 Å². The summed E-state index contributed by atoms with van der Waals surface area (Å²) in [6.45, 7) is 6.83. The van der Waals surface area contributed by atoms with E-state index < -0.39 is 0 Å². The maximum Gasteiger partial charge on any atom is 0.217 e. The van der Waals surface area contributed by atoms with E-state index in [-0.39, 0.29) is 0 Å². The first-order valence-corrected chi connectivity index (χ1v) is 8.13. The molecule has 2 aromatic heterocycles. The number of ether oxygens (including phenoxy) is 1. The van der Waals surface area contributed by atoms with Crippen molar-refractivity contribution in [3.8, 4) is 5.88 Å². The lowest BCUT2D eigenvalue weighted by Crippen LogP contribution is -2.25. The third kappa shape index (κ3) is 5.39. The molecule has 6 heteroatoms. The first-order valence-electron chi connectivity index (χ1n) is 8.13. The number of hydrogen-bond donors (Lipinski definition) is 1. The Kier molecular flexibility index (Phi) is 6.59. The molecule has 0 aromatic carbocycles. The van der Waals surface area contributed by atoms with Crippen molar-refractivity contribution < 1.29 is 4.74 Å². The molecule has 0 radical (unpaired) electrons. The van der Waals surface area contributed by atoms with Crippen LogP contribution in [0.2, 0.25) is 0 Å². The maximum atomic E-state index is 5.93. The van der Waals surface area contributed by atoms with Gasteiger partial charge in [0.1, 0.15) is 5.82 Å². The van der Waals surface area contributed by atoms with Crippen molar-refractivity contribution in [1.82, 2.24) is 15.0 Å². The largest absolute Gasteiger partial charge is 0.477 e. The molecule has 0 unspecified atom stereocenters. The molecule has 23 heavy (non-hydrogen) atoms. The minimum atomic E-state index is 0.481. The number of aromatic nitrogens is 3. The Bertz CT molecular complexity index is 585. The van der Waals surface area contributed by atoms with Crippen molar-refractivity contribution in [2.24, 2.45) is 0 Å². The standard InChI is InChI=1S/C17H25N5O/c1-3-8-22(9-4-2)15-11-16(18)21-17(12-15)23-10-5-14-13-19-6-7-20-14/h6-7,11-13H,3-5,8-10H2,1-2H3,(H2,18,21). The zero-order chi connectivity index (χ0) is 16.5. The van der Waals surface area contributed by atoms with Gasteiger partial charge in [-0.15, -0.1) is 0 Å². The number of nitrogens with two attached hydrogens (primary N) is 1. The van der Waals surface area contributed by atoms with Gasteiger partial charge in [0, 0.05) is 55.9 Å². The number of pyridine rings is 1. The van der Waals surface area contributed by atoms with Crippen LogP contribution in [-0.2, 0) is 6.42 Å². The van der Waals surface area contributed by atoms with Gasteiger partial charge < -0.3 is 15.4 Å². The molecule has 0 fully saturated rings. The second-order valence-corrected chi connectivity index (χ2v) is 5.37. The van der Waals surface area contributed by atoms with Crippen molar-refractivity contribution >= 4 is 11.5 Å². The molecule has 2 N–H and O–H groups in total. The Balaban J connectivity index is 2.01. The van der Waals surface area contributed by atoms with Gasteiger partial charge in [0.25, 0.3) is 0 Å². The number of rotatable bonds is 9. The van der Waals surface area contributed by atoms with E-state index in [4.69, 9.17) is 10.5 Å². The Morgan fingerprint density at radius 3 is 2.57 bits per heavy atom. The summed E-state index contributed by atoms with van der Waals surface area (Å²) in [6.07, 6.45) is 7.95. The number of nitrogen functional groups attached to an aromatic ring is 1. The average Bonchev–Trinajstić information content (AvgIpc) is 2.55. The van der Waals surface area contributed by atoms with Crippen molar-refractivity contribution in [2.75, 3.05) is 30.3 Å². The molecule has 2 heterocycles. The normalized spacial score (nSPS) is 10.5. The summed E-state index contributed by atoms with van der Waals surface area (Å²) in [5.41, 5.74) is 7.90. The first kappa shape index (κ1) is 17.0. The number of hydrogen-bond acceptors (Lipinski definition) is 6. The summed E-state index contributed by atoms with van der Waals surface area (Å²) in [7, 11) is 0. The summed E-state index contributed by atoms with van der Waals surface area (Å²) in [5, 5.41) is 0. The highest BCUT2D eigenvalue weighted by atomic mass is 16.5. The van der Waals surface area contributed by atoms with Gasteiger partial charge in [-0.3, -0.25) is 9.97 Å². The molecule has 0 spiro atoms. The van der Waals surface area contributed by atoms with Crippen molar-refractivity contribution in [2.45, 2.75) is 33.1 Å². The van der Waals surface area contributed by atoms with Crippen molar-refractivity contribution in [3.63, 3.8) is 0 Å². The van der Waals surface area contributed by atoms with Gasteiger partial charge in [-0.1, -0.05) is 13.8 Å². The molecular formula is C17H25N5O. The second-order valence-electron chi connectivity index (χ2n) is 5.37. The van der Waals surface area contributed by atoms with Gasteiger partial charge in [-0.25, -0.2) is 0 Å². The Morgan fingerprint density at radius 1 is 1.13 bits per heavy atom. The van der Waals surface area contributed by atoms with Gasteiger partial charge in [-0.05, 0) is 12.8 Å². The fourth-order valence-corrected chi connectivity index (χ4v) is 2.40. The average molecular weight is 315 g/mol. The zero-order valence-electron chi connectivity index (χ0n) is 13.9.